The van der Waals surface area contributed by atoms with Gasteiger partial charge >= 0.3 is 0 Å². The van der Waals surface area contributed by atoms with Gasteiger partial charge in [-0.25, -0.2) is 8.42 Å². The molecular weight excluding hydrogens is 438 g/mol. The van der Waals surface area contributed by atoms with Gasteiger partial charge in [0.1, 0.15) is 5.37 Å². The molecule has 1 aliphatic carbocycles. The van der Waals surface area contributed by atoms with E-state index >= 15 is 0 Å². The van der Waals surface area contributed by atoms with E-state index in [0.717, 1.165) is 12.8 Å². The molecule has 1 heterocycles. The van der Waals surface area contributed by atoms with E-state index in [9.17, 15) is 8.42 Å². The molecule has 100 valence electrons. The van der Waals surface area contributed by atoms with Crippen molar-refractivity contribution in [3.8, 4) is 0 Å². The van der Waals surface area contributed by atoms with Crippen molar-refractivity contribution >= 4 is 57.6 Å². The molecule has 3 nitrogen and oxygen atoms in total. The number of hydrogen-bond acceptors (Lipinski definition) is 3. The second-order valence-corrected chi connectivity index (χ2v) is 15.5. The highest BCUT2D eigenvalue weighted by Gasteiger charge is 2.45. The minimum atomic E-state index is -3.31. The van der Waals surface area contributed by atoms with Crippen LogP contribution in [0.1, 0.15) is 38.5 Å². The van der Waals surface area contributed by atoms with Crippen LogP contribution in [-0.4, -0.2) is 21.3 Å². The summed E-state index contributed by atoms with van der Waals surface area (Å²) in [6, 6.07) is 0.382. The zero-order valence-corrected chi connectivity index (χ0v) is 14.9. The molecule has 1 aliphatic heterocycles. The number of nitrogens with one attached hydrogen (secondary N) is 1. The molecule has 17 heavy (non-hydrogen) atoms. The van der Waals surface area contributed by atoms with Gasteiger partial charge in [0, 0.05) is 6.04 Å². The first kappa shape index (κ1) is 14.8. The molecule has 1 saturated carbocycles. The van der Waals surface area contributed by atoms with Gasteiger partial charge in [-0.15, -0.1) is 0 Å². The van der Waals surface area contributed by atoms with Gasteiger partial charge < -0.3 is 0 Å². The van der Waals surface area contributed by atoms with Gasteiger partial charge in [0.05, 0.1) is 0 Å². The van der Waals surface area contributed by atoms with Crippen LogP contribution in [0.2, 0.25) is 0 Å². The van der Waals surface area contributed by atoms with E-state index in [1.54, 1.807) is 0 Å². The second kappa shape index (κ2) is 5.38. The van der Waals surface area contributed by atoms with Gasteiger partial charge in [-0.2, -0.15) is 0 Å². The maximum absolute atomic E-state index is 12.3. The quantitative estimate of drug-likeness (QED) is 0.618. The lowest BCUT2D eigenvalue weighted by Gasteiger charge is -2.40. The van der Waals surface area contributed by atoms with Crippen LogP contribution in [0.15, 0.2) is 0 Å². The van der Waals surface area contributed by atoms with E-state index in [4.69, 9.17) is 0 Å². The van der Waals surface area contributed by atoms with Crippen molar-refractivity contribution in [2.75, 3.05) is 0 Å². The summed E-state index contributed by atoms with van der Waals surface area (Å²) < 4.78 is 23.3. The SMILES string of the molecule is O=S(=O)(C1CCC2CCCCC2N1)C(Br)(Br)Br. The highest BCUT2D eigenvalue weighted by Crippen LogP contribution is 2.44. The maximum atomic E-state index is 12.3. The summed E-state index contributed by atoms with van der Waals surface area (Å²) in [6.07, 6.45) is 6.57. The summed E-state index contributed by atoms with van der Waals surface area (Å²) in [5.74, 6) is 0.672. The van der Waals surface area contributed by atoms with Gasteiger partial charge in [-0.05, 0) is 79.4 Å². The minimum Gasteiger partial charge on any atom is -0.298 e. The molecule has 0 aromatic carbocycles. The number of alkyl halides is 3. The maximum Gasteiger partial charge on any atom is 0.236 e. The van der Waals surface area contributed by atoms with Crippen LogP contribution in [0, 0.1) is 5.92 Å². The zero-order chi connectivity index (χ0) is 12.7. The molecule has 2 aliphatic rings. The predicted octanol–water partition coefficient (Wildman–Crippen LogP) is 3.47. The van der Waals surface area contributed by atoms with E-state index in [1.165, 1.54) is 19.3 Å². The van der Waals surface area contributed by atoms with Crippen LogP contribution < -0.4 is 5.32 Å². The Bertz CT molecular complexity index is 380. The largest absolute Gasteiger partial charge is 0.298 e. The molecule has 7 heteroatoms. The molecule has 3 unspecified atom stereocenters. The number of fused-ring (bicyclic) bond motifs is 1. The molecule has 0 bridgehead atoms. The first-order valence-corrected chi connectivity index (χ1v) is 9.81. The van der Waals surface area contributed by atoms with Crippen LogP contribution >= 0.6 is 47.8 Å². The topological polar surface area (TPSA) is 46.2 Å². The highest BCUT2D eigenvalue weighted by molar-refractivity contribution is 9.42. The zero-order valence-electron chi connectivity index (χ0n) is 9.33. The van der Waals surface area contributed by atoms with Gasteiger partial charge in [-0.3, -0.25) is 5.32 Å². The van der Waals surface area contributed by atoms with Gasteiger partial charge in [-0.1, -0.05) is 12.8 Å². The number of hydrogen-bond donors (Lipinski definition) is 1. The van der Waals surface area contributed by atoms with E-state index in [0.29, 0.717) is 18.4 Å². The Morgan fingerprint density at radius 2 is 1.65 bits per heavy atom. The van der Waals surface area contributed by atoms with Crippen LogP contribution in [0.4, 0.5) is 0 Å². The molecule has 1 N–H and O–H groups in total. The summed E-state index contributed by atoms with van der Waals surface area (Å²) in [6.45, 7) is 0. The van der Waals surface area contributed by atoms with Crippen LogP contribution in [-0.2, 0) is 9.84 Å². The van der Waals surface area contributed by atoms with Crippen molar-refractivity contribution < 1.29 is 8.42 Å². The first-order chi connectivity index (χ1) is 7.82. The fourth-order valence-corrected chi connectivity index (χ4v) is 6.02. The molecule has 2 rings (SSSR count). The summed E-state index contributed by atoms with van der Waals surface area (Å²) in [4.78, 5) is 0. The normalized spacial score (nSPS) is 35.4. The summed E-state index contributed by atoms with van der Waals surface area (Å²) >= 11 is 9.39. The summed E-state index contributed by atoms with van der Waals surface area (Å²) in [5.41, 5.74) is 0. The number of sulfone groups is 1. The number of halogens is 3. The van der Waals surface area contributed by atoms with Crippen molar-refractivity contribution in [1.29, 1.82) is 0 Å². The Balaban J connectivity index is 2.10. The Morgan fingerprint density at radius 1 is 1.00 bits per heavy atom. The molecule has 0 amide bonds. The Morgan fingerprint density at radius 3 is 2.29 bits per heavy atom. The molecule has 3 atom stereocenters. The first-order valence-electron chi connectivity index (χ1n) is 5.88. The average molecular weight is 454 g/mol. The van der Waals surface area contributed by atoms with Crippen molar-refractivity contribution in [1.82, 2.24) is 5.32 Å². The fourth-order valence-electron chi connectivity index (χ4n) is 2.87. The van der Waals surface area contributed by atoms with Crippen molar-refractivity contribution in [2.24, 2.45) is 5.92 Å². The van der Waals surface area contributed by atoms with Crippen molar-refractivity contribution in [3.63, 3.8) is 0 Å². The standard InChI is InChI=1S/C10H16Br3NO2S/c11-10(12,13)17(15,16)9-6-5-7-3-1-2-4-8(7)14-9/h7-9,14H,1-6H2. The monoisotopic (exact) mass is 451 g/mol. The number of rotatable bonds is 1. The Hall–Kier alpha value is 1.35. The lowest BCUT2D eigenvalue weighted by atomic mass is 9.79. The molecule has 0 aromatic rings. The smallest absolute Gasteiger partial charge is 0.236 e. The fraction of sp³-hybridized carbons (Fsp3) is 1.00. The van der Waals surface area contributed by atoms with E-state index in [-0.39, 0.29) is 0 Å². The van der Waals surface area contributed by atoms with E-state index in [2.05, 4.69) is 53.1 Å². The highest BCUT2D eigenvalue weighted by atomic mass is 80.0. The second-order valence-electron chi connectivity index (χ2n) is 4.87. The number of piperidine rings is 1. The predicted molar refractivity (Wildman–Crippen MR) is 80.3 cm³/mol. The van der Waals surface area contributed by atoms with Gasteiger partial charge in [0.25, 0.3) is 0 Å². The third-order valence-electron chi connectivity index (χ3n) is 3.81. The third kappa shape index (κ3) is 3.09. The molecule has 0 radical (unpaired) electrons. The third-order valence-corrected chi connectivity index (χ3v) is 9.63. The van der Waals surface area contributed by atoms with Gasteiger partial charge in [0.15, 0.2) is 0 Å². The average Bonchev–Trinajstić information content (AvgIpc) is 2.27. The van der Waals surface area contributed by atoms with Crippen molar-refractivity contribution in [2.45, 2.75) is 51.4 Å². The van der Waals surface area contributed by atoms with Crippen molar-refractivity contribution in [3.05, 3.63) is 0 Å². The molecule has 0 aromatic heterocycles. The molecule has 1 saturated heterocycles. The summed E-state index contributed by atoms with van der Waals surface area (Å²) in [5, 5.41) is 2.87. The van der Waals surface area contributed by atoms with Crippen LogP contribution in [0.3, 0.4) is 0 Å². The Kier molecular flexibility index (Phi) is 4.67. The van der Waals surface area contributed by atoms with Crippen LogP contribution in [0.25, 0.3) is 0 Å². The summed E-state index contributed by atoms with van der Waals surface area (Å²) in [7, 11) is -3.31. The minimum absolute atomic E-state index is 0.382. The van der Waals surface area contributed by atoms with Crippen LogP contribution in [0.5, 0.6) is 0 Å². The molecule has 0 spiro atoms. The van der Waals surface area contributed by atoms with Gasteiger partial charge in [0.2, 0.25) is 11.3 Å². The molecule has 2 fully saturated rings. The lowest BCUT2D eigenvalue weighted by Crippen LogP contribution is -2.53. The van der Waals surface area contributed by atoms with E-state index in [1.807, 2.05) is 0 Å². The van der Waals surface area contributed by atoms with E-state index < -0.39 is 16.7 Å². The molecular formula is C10H16Br3NO2S. The Labute approximate surface area is 128 Å². The lowest BCUT2D eigenvalue weighted by molar-refractivity contribution is 0.199.